The summed E-state index contributed by atoms with van der Waals surface area (Å²) in [6.45, 7) is 11.6. The maximum Gasteiger partial charge on any atom is 0.0542 e. The van der Waals surface area contributed by atoms with Gasteiger partial charge in [-0.05, 0) is 327 Å². The molecule has 0 amide bonds. The van der Waals surface area contributed by atoms with E-state index in [1.807, 2.05) is 0 Å². The van der Waals surface area contributed by atoms with E-state index < -0.39 is 0 Å². The highest BCUT2D eigenvalue weighted by atomic mass is 15.2. The summed E-state index contributed by atoms with van der Waals surface area (Å²) in [5, 5.41) is 19.9. The fourth-order valence-electron chi connectivity index (χ4n) is 23.0. The van der Waals surface area contributed by atoms with Gasteiger partial charge in [0.15, 0.2) is 0 Å². The first-order valence-electron chi connectivity index (χ1n) is 49.8. The van der Waals surface area contributed by atoms with Gasteiger partial charge < -0.3 is 18.9 Å². The van der Waals surface area contributed by atoms with Crippen LogP contribution in [0, 0.1) is 0 Å². The van der Waals surface area contributed by atoms with Crippen LogP contribution in [0.2, 0.25) is 0 Å². The van der Waals surface area contributed by atoms with Crippen molar-refractivity contribution in [3.8, 4) is 100 Å². The predicted octanol–water partition coefficient (Wildman–Crippen LogP) is 38.7. The van der Waals surface area contributed by atoms with Crippen LogP contribution in [-0.2, 0) is 10.8 Å². The fraction of sp³-hybridized carbons (Fsp3) is 0.0504. The van der Waals surface area contributed by atoms with Crippen molar-refractivity contribution >= 4 is 142 Å². The van der Waals surface area contributed by atoms with Gasteiger partial charge in [-0.25, -0.2) is 0 Å². The van der Waals surface area contributed by atoms with Gasteiger partial charge in [-0.1, -0.05) is 399 Å². The van der Waals surface area contributed by atoms with Crippen LogP contribution < -0.4 is 9.80 Å². The van der Waals surface area contributed by atoms with E-state index in [4.69, 9.17) is 0 Å². The van der Waals surface area contributed by atoms with Gasteiger partial charge in [0.25, 0.3) is 0 Å². The highest BCUT2D eigenvalue weighted by Gasteiger charge is 2.36. The molecule has 143 heavy (non-hydrogen) atoms. The Kier molecular flexibility index (Phi) is 20.8. The van der Waals surface area contributed by atoms with Crippen molar-refractivity contribution < 1.29 is 0 Å². The number of nitrogens with zero attached hydrogens (tertiary/aromatic N) is 4. The smallest absolute Gasteiger partial charge is 0.0542 e. The number of rotatable bonds is 15. The molecule has 4 heteroatoms. The molecule has 0 N–H and O–H groups in total. The van der Waals surface area contributed by atoms with Crippen LogP contribution in [0.4, 0.5) is 34.1 Å². The van der Waals surface area contributed by atoms with E-state index in [2.05, 4.69) is 569 Å². The third-order valence-corrected chi connectivity index (χ3v) is 30.1. The summed E-state index contributed by atoms with van der Waals surface area (Å²) in [6.07, 6.45) is 0. The molecule has 1 aliphatic rings. The Morgan fingerprint density at radius 1 is 0.182 bits per heavy atom. The third-order valence-electron chi connectivity index (χ3n) is 30.1. The Morgan fingerprint density at radius 2 is 0.455 bits per heavy atom. The van der Waals surface area contributed by atoms with E-state index in [0.717, 1.165) is 51.0 Å². The molecule has 0 atom stereocenters. The minimum absolute atomic E-state index is 0.00601. The Hall–Kier alpha value is -18.0. The van der Waals surface area contributed by atoms with Crippen LogP contribution in [-0.4, -0.2) is 9.13 Å². The van der Waals surface area contributed by atoms with Gasteiger partial charge in [0.2, 0.25) is 0 Å². The van der Waals surface area contributed by atoms with Gasteiger partial charge >= 0.3 is 0 Å². The zero-order valence-electron chi connectivity index (χ0n) is 80.4. The lowest BCUT2D eigenvalue weighted by Gasteiger charge is -2.26. The Morgan fingerprint density at radius 3 is 0.853 bits per heavy atom. The standard InChI is InChI=1S/C75H52N2.C64H48N2/c1-75(2)69-28-16-15-23-61(69)62-42-35-56(47-70(62)75)55-36-43-71-67(46-55)68-48-60(41-44-72(68)77(71)57-21-7-4-8-22-57)76(58-37-31-50(32-38-58)54-30-29-49-17-9-10-20-53(49)45-54)59-39-33-52(34-40-59)74-65-26-13-11-24-63(65)73(51-18-5-3-6-19-51)64-25-12-14-27-66(64)74;1-64(2,3)49-32-38-60-58(41-49)59-42-53(37-39-61(59)66(60)50-20-8-5-9-21-50)65(51-33-28-44(29-34-51)48-27-26-43-16-10-11-19-47(43)40-48)52-35-30-46(31-36-52)63-56-24-14-12-22-54(56)62(45-17-6-4-7-18-45)55-23-13-15-25-57(55)63/h3-48H,1-2H3;4-42H,1-3H3. The van der Waals surface area contributed by atoms with Crippen molar-refractivity contribution in [3.63, 3.8) is 0 Å². The van der Waals surface area contributed by atoms with Crippen LogP contribution in [0.15, 0.2) is 516 Å². The zero-order valence-corrected chi connectivity index (χ0v) is 80.4. The lowest BCUT2D eigenvalue weighted by molar-refractivity contribution is 0.591. The first kappa shape index (κ1) is 85.5. The van der Waals surface area contributed by atoms with E-state index in [-0.39, 0.29) is 10.8 Å². The molecule has 0 radical (unpaired) electrons. The fourth-order valence-corrected chi connectivity index (χ4v) is 23.0. The van der Waals surface area contributed by atoms with E-state index in [0.29, 0.717) is 0 Å². The lowest BCUT2D eigenvalue weighted by Crippen LogP contribution is -2.14. The Labute approximate surface area is 833 Å². The SMILES string of the molecule is CC(C)(C)c1ccc2c(c1)c1cc(N(c3ccc(-c4ccc5ccccc5c4)cc3)c3ccc(-c4c5ccccc5c(-c5ccccc5)c5ccccc45)cc3)ccc1n2-c1ccccc1.CC1(C)c2ccccc2-c2ccc(-c3ccc4c(c3)c3cc(N(c5ccc(-c6ccc7ccccc7c6)cc5)c5ccc(-c6c7ccccc7c(-c7ccccc7)c7ccccc67)cc5)ccc3n4-c3ccccc3)cc21. The van der Waals surface area contributed by atoms with Crippen LogP contribution >= 0.6 is 0 Å². The summed E-state index contributed by atoms with van der Waals surface area (Å²) in [4.78, 5) is 4.85. The summed E-state index contributed by atoms with van der Waals surface area (Å²) < 4.78 is 4.84. The maximum atomic E-state index is 2.44. The second-order valence-electron chi connectivity index (χ2n) is 39.8. The zero-order chi connectivity index (χ0) is 95.5. The van der Waals surface area contributed by atoms with Crippen molar-refractivity contribution in [2.24, 2.45) is 0 Å². The molecule has 2 heterocycles. The highest BCUT2D eigenvalue weighted by molar-refractivity contribution is 6.24. The van der Waals surface area contributed by atoms with E-state index >= 15 is 0 Å². The van der Waals surface area contributed by atoms with E-state index in [9.17, 15) is 0 Å². The van der Waals surface area contributed by atoms with Crippen molar-refractivity contribution in [1.29, 1.82) is 0 Å². The average Bonchev–Trinajstić information content (AvgIpc) is 1.45. The lowest BCUT2D eigenvalue weighted by atomic mass is 9.81. The summed E-state index contributed by atoms with van der Waals surface area (Å²) in [7, 11) is 0. The number of fused-ring (bicyclic) bond motifs is 15. The third kappa shape index (κ3) is 14.9. The Balaban J connectivity index is 0.000000148. The largest absolute Gasteiger partial charge is 0.310 e. The highest BCUT2D eigenvalue weighted by Crippen LogP contribution is 2.54. The molecule has 676 valence electrons. The number of aromatic nitrogens is 2. The summed E-state index contributed by atoms with van der Waals surface area (Å²) in [5.74, 6) is 0. The van der Waals surface area contributed by atoms with Crippen LogP contribution in [0.5, 0.6) is 0 Å². The van der Waals surface area contributed by atoms with Crippen LogP contribution in [0.1, 0.15) is 51.3 Å². The molecule has 0 unspecified atom stereocenters. The molecule has 0 bridgehead atoms. The van der Waals surface area contributed by atoms with Crippen LogP contribution in [0.3, 0.4) is 0 Å². The van der Waals surface area contributed by atoms with Gasteiger partial charge in [0.05, 0.1) is 22.1 Å². The minimum Gasteiger partial charge on any atom is -0.310 e. The summed E-state index contributed by atoms with van der Waals surface area (Å²) in [6, 6.07) is 190. The monoisotopic (exact) mass is 1820 g/mol. The molecule has 0 spiro atoms. The van der Waals surface area contributed by atoms with Crippen molar-refractivity contribution in [3.05, 3.63) is 532 Å². The van der Waals surface area contributed by atoms with Gasteiger partial charge in [-0.15, -0.1) is 0 Å². The molecule has 26 aromatic rings. The van der Waals surface area contributed by atoms with Gasteiger partial charge in [-0.3, -0.25) is 0 Å². The normalized spacial score (nSPS) is 12.3. The number of hydrogen-bond donors (Lipinski definition) is 0. The minimum atomic E-state index is -0.0891. The van der Waals surface area contributed by atoms with E-state index in [1.165, 1.54) is 208 Å². The maximum absolute atomic E-state index is 2.44. The first-order chi connectivity index (χ1) is 70.3. The molecule has 27 rings (SSSR count). The number of anilines is 6. The second-order valence-corrected chi connectivity index (χ2v) is 39.8. The van der Waals surface area contributed by atoms with Crippen molar-refractivity contribution in [2.75, 3.05) is 9.80 Å². The topological polar surface area (TPSA) is 16.3 Å². The molecule has 0 saturated carbocycles. The molecular formula is C139H100N4. The summed E-state index contributed by atoms with van der Waals surface area (Å²) in [5.41, 5.74) is 37.3. The first-order valence-corrected chi connectivity index (χ1v) is 49.8. The molecular weight excluding hydrogens is 1730 g/mol. The molecule has 4 nitrogen and oxygen atoms in total. The van der Waals surface area contributed by atoms with Crippen molar-refractivity contribution in [2.45, 2.75) is 45.4 Å². The predicted molar refractivity (Wildman–Crippen MR) is 610 cm³/mol. The molecule has 0 saturated heterocycles. The van der Waals surface area contributed by atoms with E-state index in [1.54, 1.807) is 0 Å². The number of benzene rings is 24. The number of hydrogen-bond acceptors (Lipinski definition) is 2. The quantitative estimate of drug-likeness (QED) is 0.0951. The molecule has 24 aromatic carbocycles. The molecule has 0 fully saturated rings. The van der Waals surface area contributed by atoms with Gasteiger partial charge in [0, 0.05) is 72.5 Å². The Bertz CT molecular complexity index is 9360. The van der Waals surface area contributed by atoms with Gasteiger partial charge in [-0.2, -0.15) is 0 Å². The number of para-hydroxylation sites is 2. The average molecular weight is 1830 g/mol. The molecule has 2 aromatic heterocycles. The second kappa shape index (κ2) is 34.9. The summed E-state index contributed by atoms with van der Waals surface area (Å²) >= 11 is 0. The molecule has 0 aliphatic heterocycles. The van der Waals surface area contributed by atoms with Crippen molar-refractivity contribution in [1.82, 2.24) is 9.13 Å². The molecule has 1 aliphatic carbocycles. The van der Waals surface area contributed by atoms with Crippen LogP contribution in [0.25, 0.3) is 209 Å². The van der Waals surface area contributed by atoms with Gasteiger partial charge in [0.1, 0.15) is 0 Å².